The first-order chi connectivity index (χ1) is 13.9. The lowest BCUT2D eigenvalue weighted by molar-refractivity contribution is -0.124. The van der Waals surface area contributed by atoms with Gasteiger partial charge in [0.1, 0.15) is 43.1 Å². The number of carbonyl (C=O) groups is 1. The van der Waals surface area contributed by atoms with Crippen LogP contribution in [-0.2, 0) is 9.53 Å². The summed E-state index contributed by atoms with van der Waals surface area (Å²) in [5.74, 6) is 4.79. The average Bonchev–Trinajstić information content (AvgIpc) is 2.69. The molecule has 7 nitrogen and oxygen atoms in total. The SMILES string of the molecule is NC(=O)COCC(O)C(O)/C=C/C=C/C#C/C=C/C(O)COc1ccc(F)cc1. The fourth-order valence-corrected chi connectivity index (χ4v) is 1.81. The Morgan fingerprint density at radius 3 is 2.45 bits per heavy atom. The fourth-order valence-electron chi connectivity index (χ4n) is 1.81. The molecule has 0 aromatic heterocycles. The van der Waals surface area contributed by atoms with Gasteiger partial charge in [0.15, 0.2) is 0 Å². The molecule has 0 aliphatic rings. The van der Waals surface area contributed by atoms with Crippen LogP contribution in [-0.4, -0.2) is 59.4 Å². The molecule has 29 heavy (non-hydrogen) atoms. The maximum absolute atomic E-state index is 12.8. The van der Waals surface area contributed by atoms with Gasteiger partial charge in [-0.2, -0.15) is 0 Å². The topological polar surface area (TPSA) is 122 Å². The predicted molar refractivity (Wildman–Crippen MR) is 105 cm³/mol. The number of primary amides is 1. The van der Waals surface area contributed by atoms with E-state index in [0.717, 1.165) is 0 Å². The van der Waals surface area contributed by atoms with Gasteiger partial charge in [-0.15, -0.1) is 0 Å². The zero-order chi connectivity index (χ0) is 21.5. The second kappa shape index (κ2) is 14.1. The predicted octanol–water partition coefficient (Wildman–Crippen LogP) is 0.461. The van der Waals surface area contributed by atoms with Crippen LogP contribution in [0.2, 0.25) is 0 Å². The van der Waals surface area contributed by atoms with E-state index in [4.69, 9.17) is 15.2 Å². The van der Waals surface area contributed by atoms with E-state index in [1.165, 1.54) is 54.6 Å². The molecule has 0 aliphatic carbocycles. The summed E-state index contributed by atoms with van der Waals surface area (Å²) in [6.45, 7) is -0.550. The maximum atomic E-state index is 12.8. The number of hydrogen-bond donors (Lipinski definition) is 4. The van der Waals surface area contributed by atoms with Crippen LogP contribution in [0.15, 0.2) is 60.7 Å². The van der Waals surface area contributed by atoms with Crippen molar-refractivity contribution in [2.75, 3.05) is 19.8 Å². The summed E-state index contributed by atoms with van der Waals surface area (Å²) in [4.78, 5) is 10.5. The van der Waals surface area contributed by atoms with Crippen LogP contribution in [0.4, 0.5) is 4.39 Å². The van der Waals surface area contributed by atoms with E-state index in [1.807, 2.05) is 0 Å². The Bertz CT molecular complexity index is 764. The highest BCUT2D eigenvalue weighted by atomic mass is 19.1. The van der Waals surface area contributed by atoms with Crippen molar-refractivity contribution < 1.29 is 34.0 Å². The van der Waals surface area contributed by atoms with Crippen molar-refractivity contribution in [1.82, 2.24) is 0 Å². The zero-order valence-electron chi connectivity index (χ0n) is 15.6. The molecule has 1 amide bonds. The van der Waals surface area contributed by atoms with Crippen LogP contribution < -0.4 is 10.5 Å². The molecule has 0 saturated carbocycles. The number of hydrogen-bond acceptors (Lipinski definition) is 6. The Morgan fingerprint density at radius 1 is 1.07 bits per heavy atom. The van der Waals surface area contributed by atoms with E-state index < -0.39 is 24.2 Å². The van der Waals surface area contributed by atoms with Gasteiger partial charge in [-0.3, -0.25) is 4.79 Å². The molecule has 0 saturated heterocycles. The molecule has 3 atom stereocenters. The molecule has 0 fully saturated rings. The molecule has 0 spiro atoms. The third kappa shape index (κ3) is 12.2. The summed E-state index contributed by atoms with van der Waals surface area (Å²) < 4.78 is 22.9. The van der Waals surface area contributed by atoms with Crippen molar-refractivity contribution in [3.8, 4) is 17.6 Å². The smallest absolute Gasteiger partial charge is 0.243 e. The molecule has 1 aromatic rings. The number of ether oxygens (including phenoxy) is 2. The number of aliphatic hydroxyl groups is 3. The number of amides is 1. The minimum Gasteiger partial charge on any atom is -0.491 e. The van der Waals surface area contributed by atoms with E-state index in [0.29, 0.717) is 5.75 Å². The van der Waals surface area contributed by atoms with Gasteiger partial charge in [0.25, 0.3) is 0 Å². The molecule has 0 radical (unpaired) electrons. The molecule has 3 unspecified atom stereocenters. The Morgan fingerprint density at radius 2 is 1.76 bits per heavy atom. The lowest BCUT2D eigenvalue weighted by Gasteiger charge is -2.13. The molecule has 156 valence electrons. The van der Waals surface area contributed by atoms with Crippen LogP contribution in [0, 0.1) is 17.7 Å². The van der Waals surface area contributed by atoms with Gasteiger partial charge in [-0.1, -0.05) is 30.1 Å². The van der Waals surface area contributed by atoms with Gasteiger partial charge in [-0.25, -0.2) is 4.39 Å². The number of rotatable bonds is 11. The molecule has 8 heteroatoms. The largest absolute Gasteiger partial charge is 0.491 e. The number of carbonyl (C=O) groups excluding carboxylic acids is 1. The Kier molecular flexibility index (Phi) is 11.7. The van der Waals surface area contributed by atoms with Gasteiger partial charge in [0, 0.05) is 0 Å². The molecule has 5 N–H and O–H groups in total. The molecule has 0 bridgehead atoms. The van der Waals surface area contributed by atoms with Crippen LogP contribution in [0.25, 0.3) is 0 Å². The summed E-state index contributed by atoms with van der Waals surface area (Å²) in [5.41, 5.74) is 4.88. The van der Waals surface area contributed by atoms with E-state index in [2.05, 4.69) is 11.8 Å². The van der Waals surface area contributed by atoms with Gasteiger partial charge in [0.05, 0.1) is 6.61 Å². The molecular weight excluding hydrogens is 381 g/mol. The number of aliphatic hydroxyl groups excluding tert-OH is 3. The first-order valence-corrected chi connectivity index (χ1v) is 8.68. The Balaban J connectivity index is 2.27. The van der Waals surface area contributed by atoms with E-state index >= 15 is 0 Å². The van der Waals surface area contributed by atoms with E-state index in [1.54, 1.807) is 6.08 Å². The summed E-state index contributed by atoms with van der Waals surface area (Å²) in [6.07, 6.45) is 5.57. The molecule has 1 rings (SSSR count). The maximum Gasteiger partial charge on any atom is 0.243 e. The molecule has 1 aromatic carbocycles. The third-order valence-electron chi connectivity index (χ3n) is 3.25. The van der Waals surface area contributed by atoms with Crippen LogP contribution in [0.5, 0.6) is 5.75 Å². The van der Waals surface area contributed by atoms with Crippen LogP contribution >= 0.6 is 0 Å². The summed E-state index contributed by atoms with van der Waals surface area (Å²) in [7, 11) is 0. The highest BCUT2D eigenvalue weighted by Gasteiger charge is 2.13. The standard InChI is InChI=1S/C21H24FNO6/c22-16-9-11-18(12-10-16)29-13-17(24)7-5-3-1-2-4-6-8-19(25)20(26)14-28-15-21(23)27/h2,4-12,17,19-20,24-26H,13-15H2,(H2,23,27)/b4-2+,7-5+,8-6+. The molecule has 0 aliphatic heterocycles. The second-order valence-electron chi connectivity index (χ2n) is 5.76. The monoisotopic (exact) mass is 405 g/mol. The number of nitrogens with two attached hydrogens (primary N) is 1. The summed E-state index contributed by atoms with van der Waals surface area (Å²) in [6, 6.07) is 5.46. The van der Waals surface area contributed by atoms with Crippen LogP contribution in [0.3, 0.4) is 0 Å². The third-order valence-corrected chi connectivity index (χ3v) is 3.25. The van der Waals surface area contributed by atoms with Crippen LogP contribution in [0.1, 0.15) is 0 Å². The van der Waals surface area contributed by atoms with Crippen molar-refractivity contribution in [1.29, 1.82) is 0 Å². The van der Waals surface area contributed by atoms with Crippen molar-refractivity contribution in [2.45, 2.75) is 18.3 Å². The lowest BCUT2D eigenvalue weighted by Crippen LogP contribution is -2.30. The average molecular weight is 405 g/mol. The molecular formula is C21H24FNO6. The summed E-state index contributed by atoms with van der Waals surface area (Å²) >= 11 is 0. The second-order valence-corrected chi connectivity index (χ2v) is 5.76. The first kappa shape index (κ1) is 24.1. The number of halogens is 1. The van der Waals surface area contributed by atoms with E-state index in [9.17, 15) is 24.5 Å². The quantitative estimate of drug-likeness (QED) is 0.313. The normalized spacial score (nSPS) is 14.6. The van der Waals surface area contributed by atoms with Crippen molar-refractivity contribution in [3.63, 3.8) is 0 Å². The molecule has 0 heterocycles. The number of benzene rings is 1. The first-order valence-electron chi connectivity index (χ1n) is 8.68. The summed E-state index contributed by atoms with van der Waals surface area (Å²) in [5, 5.41) is 29.0. The lowest BCUT2D eigenvalue weighted by atomic mass is 10.2. The zero-order valence-corrected chi connectivity index (χ0v) is 15.6. The fraction of sp³-hybridized carbons (Fsp3) is 0.286. The Hall–Kier alpha value is -2.96. The Labute approximate surface area is 168 Å². The highest BCUT2D eigenvalue weighted by Crippen LogP contribution is 2.11. The minimum absolute atomic E-state index is 0.00571. The minimum atomic E-state index is -1.19. The van der Waals surface area contributed by atoms with Gasteiger partial charge >= 0.3 is 0 Å². The van der Waals surface area contributed by atoms with Crippen molar-refractivity contribution >= 4 is 5.91 Å². The van der Waals surface area contributed by atoms with E-state index in [-0.39, 0.29) is 25.6 Å². The van der Waals surface area contributed by atoms with Gasteiger partial charge in [-0.05, 0) is 42.5 Å². The van der Waals surface area contributed by atoms with Gasteiger partial charge in [0.2, 0.25) is 5.91 Å². The van der Waals surface area contributed by atoms with Gasteiger partial charge < -0.3 is 30.5 Å². The number of allylic oxidation sites excluding steroid dienone is 4. The highest BCUT2D eigenvalue weighted by molar-refractivity contribution is 5.74. The van der Waals surface area contributed by atoms with Crippen molar-refractivity contribution in [3.05, 3.63) is 66.5 Å². The van der Waals surface area contributed by atoms with Crippen molar-refractivity contribution in [2.24, 2.45) is 5.73 Å².